The lowest BCUT2D eigenvalue weighted by Gasteiger charge is -2.16. The summed E-state index contributed by atoms with van der Waals surface area (Å²) in [6.45, 7) is 3.15. The highest BCUT2D eigenvalue weighted by Crippen LogP contribution is 2.32. The number of fused-ring (bicyclic) bond motifs is 2. The number of aliphatic carboxylic acids is 1. The van der Waals surface area contributed by atoms with Crippen LogP contribution in [0.25, 0.3) is 0 Å². The third-order valence-corrected chi connectivity index (χ3v) is 9.76. The fourth-order valence-corrected chi connectivity index (χ4v) is 7.79. The number of carboxylic acid groups (broad SMARTS) is 1. The molecule has 8 N–H and O–H groups in total. The van der Waals surface area contributed by atoms with E-state index < -0.39 is 5.97 Å². The number of ether oxygens (including phenoxy) is 3. The van der Waals surface area contributed by atoms with E-state index in [4.69, 9.17) is 24.4 Å². The van der Waals surface area contributed by atoms with Crippen molar-refractivity contribution in [2.75, 3.05) is 71.8 Å². The normalized spacial score (nSPS) is 25.9. The minimum atomic E-state index is -0.904. The second-order valence-corrected chi connectivity index (χ2v) is 12.6. The van der Waals surface area contributed by atoms with Crippen molar-refractivity contribution in [3.05, 3.63) is 0 Å². The Kier molecular flexibility index (Phi) is 18.2. The van der Waals surface area contributed by atoms with Gasteiger partial charge in [0, 0.05) is 75.4 Å². The summed E-state index contributed by atoms with van der Waals surface area (Å²) in [6.07, 6.45) is 1.60. The van der Waals surface area contributed by atoms with E-state index in [1.165, 1.54) is 0 Å². The molecule has 16 nitrogen and oxygen atoms in total. The average molecular weight is 667 g/mol. The SMILES string of the molecule is CO.COCCCOCCNC(=O)CC1SC[C@@H]2NC(=O)N[C@H]12.O=C(O)CCOCCNC(=O)CC1SC[C@@H]2NC(=O)N[C@H]12. The molecule has 4 aliphatic rings. The van der Waals surface area contributed by atoms with Crippen LogP contribution in [0.3, 0.4) is 0 Å². The van der Waals surface area contributed by atoms with Crippen molar-refractivity contribution < 1.29 is 48.4 Å². The topological polar surface area (TPSA) is 226 Å². The maximum absolute atomic E-state index is 11.9. The zero-order chi connectivity index (χ0) is 32.3. The van der Waals surface area contributed by atoms with E-state index in [0.29, 0.717) is 52.4 Å². The molecule has 2 unspecified atom stereocenters. The van der Waals surface area contributed by atoms with Gasteiger partial charge in [0.2, 0.25) is 11.8 Å². The number of rotatable bonds is 17. The number of hydrogen-bond acceptors (Lipinski definition) is 11. The smallest absolute Gasteiger partial charge is 0.315 e. The lowest BCUT2D eigenvalue weighted by Crippen LogP contribution is -2.40. The van der Waals surface area contributed by atoms with Crippen molar-refractivity contribution in [1.29, 1.82) is 0 Å². The molecule has 4 saturated heterocycles. The lowest BCUT2D eigenvalue weighted by molar-refractivity contribution is -0.138. The molecule has 4 aliphatic heterocycles. The van der Waals surface area contributed by atoms with Crippen LogP contribution in [0.5, 0.6) is 0 Å². The summed E-state index contributed by atoms with van der Waals surface area (Å²) in [7, 11) is 2.66. The second-order valence-electron chi connectivity index (χ2n) is 10.1. The molecule has 4 heterocycles. The fraction of sp³-hybridized carbons (Fsp3) is 0.808. The predicted octanol–water partition coefficient (Wildman–Crippen LogP) is -1.53. The molecule has 252 valence electrons. The molecule has 18 heteroatoms. The van der Waals surface area contributed by atoms with Gasteiger partial charge in [-0.05, 0) is 6.42 Å². The van der Waals surface area contributed by atoms with Gasteiger partial charge in [0.25, 0.3) is 0 Å². The van der Waals surface area contributed by atoms with Gasteiger partial charge in [-0.3, -0.25) is 14.4 Å². The Morgan fingerprint density at radius 2 is 1.25 bits per heavy atom. The standard InChI is InChI=1S/C13H23N3O4S.C12H19N3O5S.CH4O/c1-19-4-2-5-20-6-3-14-11(17)7-10-12-9(8-21-10)15-13(18)16-12;16-9(13-2-4-20-3-1-10(17)18)5-8-11-7(6-21-8)14-12(19)15-11;1-2/h9-10,12H,2-8H2,1H3,(H,14,17)(H2,15,16,18);7-8,11H,1-6H2,(H,13,16)(H,17,18)(H2,14,15,19);2H,1H3/t9-,10?,12-;7-,8?,11-;/m00./s1. The van der Waals surface area contributed by atoms with Crippen LogP contribution in [-0.4, -0.2) is 147 Å². The number of thioether (sulfide) groups is 2. The maximum atomic E-state index is 11.9. The van der Waals surface area contributed by atoms with Crippen molar-refractivity contribution in [3.63, 3.8) is 0 Å². The van der Waals surface area contributed by atoms with Gasteiger partial charge in [0.05, 0.1) is 50.4 Å². The number of carbonyl (C=O) groups excluding carboxylic acids is 4. The summed E-state index contributed by atoms with van der Waals surface area (Å²) in [4.78, 5) is 56.4. The number of hydrogen-bond donors (Lipinski definition) is 8. The van der Waals surface area contributed by atoms with E-state index in [2.05, 4.69) is 31.9 Å². The summed E-state index contributed by atoms with van der Waals surface area (Å²) in [5.41, 5.74) is 0. The molecule has 0 aliphatic carbocycles. The zero-order valence-corrected chi connectivity index (χ0v) is 26.8. The van der Waals surface area contributed by atoms with E-state index in [-0.39, 0.29) is 71.6 Å². The molecule has 0 aromatic rings. The number of urea groups is 2. The van der Waals surface area contributed by atoms with Gasteiger partial charge in [-0.2, -0.15) is 23.5 Å². The van der Waals surface area contributed by atoms with Crippen LogP contribution in [0.15, 0.2) is 0 Å². The van der Waals surface area contributed by atoms with Crippen LogP contribution in [-0.2, 0) is 28.6 Å². The van der Waals surface area contributed by atoms with E-state index in [1.807, 2.05) is 0 Å². The summed E-state index contributed by atoms with van der Waals surface area (Å²) in [6, 6.07) is 0.0605. The number of amides is 6. The van der Waals surface area contributed by atoms with Crippen molar-refractivity contribution in [2.24, 2.45) is 0 Å². The first-order chi connectivity index (χ1) is 21.3. The summed E-state index contributed by atoms with van der Waals surface area (Å²) in [5.74, 6) is 0.703. The van der Waals surface area contributed by atoms with Gasteiger partial charge in [-0.25, -0.2) is 9.59 Å². The largest absolute Gasteiger partial charge is 0.481 e. The van der Waals surface area contributed by atoms with Gasteiger partial charge in [-0.15, -0.1) is 0 Å². The number of carbonyl (C=O) groups is 5. The maximum Gasteiger partial charge on any atom is 0.315 e. The molecular formula is C26H46N6O10S2. The number of nitrogens with one attached hydrogen (secondary N) is 6. The van der Waals surface area contributed by atoms with Crippen LogP contribution >= 0.6 is 23.5 Å². The van der Waals surface area contributed by atoms with Crippen molar-refractivity contribution in [1.82, 2.24) is 31.9 Å². The molecule has 0 aromatic carbocycles. The monoisotopic (exact) mass is 666 g/mol. The van der Waals surface area contributed by atoms with Crippen LogP contribution in [0.1, 0.15) is 25.7 Å². The van der Waals surface area contributed by atoms with Crippen molar-refractivity contribution in [2.45, 2.75) is 60.4 Å². The van der Waals surface area contributed by atoms with Gasteiger partial charge in [-0.1, -0.05) is 0 Å². The van der Waals surface area contributed by atoms with Crippen LogP contribution < -0.4 is 31.9 Å². The molecule has 6 atom stereocenters. The fourth-order valence-electron chi connectivity index (χ4n) is 4.84. The number of carboxylic acids is 1. The van der Waals surface area contributed by atoms with Crippen LogP contribution in [0, 0.1) is 0 Å². The predicted molar refractivity (Wildman–Crippen MR) is 165 cm³/mol. The van der Waals surface area contributed by atoms with E-state index in [9.17, 15) is 24.0 Å². The highest BCUT2D eigenvalue weighted by Gasteiger charge is 2.44. The molecule has 0 bridgehead atoms. The Hall–Kier alpha value is -2.51. The van der Waals surface area contributed by atoms with Gasteiger partial charge >= 0.3 is 18.0 Å². The molecule has 44 heavy (non-hydrogen) atoms. The van der Waals surface area contributed by atoms with Crippen molar-refractivity contribution >= 4 is 53.4 Å². The summed E-state index contributed by atoms with van der Waals surface area (Å²) < 4.78 is 15.4. The first-order valence-electron chi connectivity index (χ1n) is 14.5. The number of aliphatic hydroxyl groups is 1. The highest BCUT2D eigenvalue weighted by molar-refractivity contribution is 8.00. The van der Waals surface area contributed by atoms with Crippen LogP contribution in [0.2, 0.25) is 0 Å². The van der Waals surface area contributed by atoms with E-state index in [0.717, 1.165) is 25.0 Å². The number of aliphatic hydroxyl groups excluding tert-OH is 1. The molecule has 4 fully saturated rings. The van der Waals surface area contributed by atoms with Gasteiger partial charge in [0.1, 0.15) is 0 Å². The minimum Gasteiger partial charge on any atom is -0.481 e. The highest BCUT2D eigenvalue weighted by atomic mass is 32.2. The third-order valence-electron chi connectivity index (χ3n) is 6.88. The molecule has 0 spiro atoms. The third kappa shape index (κ3) is 13.6. The summed E-state index contributed by atoms with van der Waals surface area (Å²) in [5, 5.41) is 32.6. The molecule has 0 radical (unpaired) electrons. The molecule has 6 amide bonds. The van der Waals surface area contributed by atoms with Crippen molar-refractivity contribution in [3.8, 4) is 0 Å². The molecule has 4 rings (SSSR count). The van der Waals surface area contributed by atoms with E-state index in [1.54, 1.807) is 30.6 Å². The molecular weight excluding hydrogens is 620 g/mol. The first-order valence-corrected chi connectivity index (χ1v) is 16.6. The molecule has 0 saturated carbocycles. The minimum absolute atomic E-state index is 0.00907. The summed E-state index contributed by atoms with van der Waals surface area (Å²) >= 11 is 3.42. The number of methoxy groups -OCH3 is 1. The first kappa shape index (κ1) is 37.7. The Labute approximate surface area is 265 Å². The Bertz CT molecular complexity index is 936. The Balaban J connectivity index is 0.000000291. The quantitative estimate of drug-likeness (QED) is 0.0654. The van der Waals surface area contributed by atoms with Gasteiger partial charge in [0.15, 0.2) is 0 Å². The van der Waals surface area contributed by atoms with Crippen LogP contribution in [0.4, 0.5) is 9.59 Å². The Morgan fingerprint density at radius 1 is 0.773 bits per heavy atom. The average Bonchev–Trinajstić information content (AvgIpc) is 3.74. The zero-order valence-electron chi connectivity index (χ0n) is 25.1. The van der Waals surface area contributed by atoms with Gasteiger partial charge < -0.3 is 56.3 Å². The lowest BCUT2D eigenvalue weighted by atomic mass is 10.1. The second kappa shape index (κ2) is 21.3. The van der Waals surface area contributed by atoms with E-state index >= 15 is 0 Å². The Morgan fingerprint density at radius 3 is 1.70 bits per heavy atom. The molecule has 0 aromatic heterocycles.